The average molecular weight is 737 g/mol. The number of aliphatic hydroxyl groups is 2. The minimum Gasteiger partial charge on any atom is -0.497 e. The van der Waals surface area contributed by atoms with E-state index in [1.54, 1.807) is 13.2 Å². The van der Waals surface area contributed by atoms with E-state index in [0.29, 0.717) is 37.5 Å². The number of hydrogen-bond donors (Lipinski definition) is 4. The molecule has 1 fully saturated rings. The summed E-state index contributed by atoms with van der Waals surface area (Å²) in [7, 11) is 4.17. The molecule has 280 valence electrons. The van der Waals surface area contributed by atoms with Gasteiger partial charge in [-0.25, -0.2) is 19.0 Å². The summed E-state index contributed by atoms with van der Waals surface area (Å²) in [5.74, 6) is -3.69. The number of carboxylic acid groups (broad SMARTS) is 2. The summed E-state index contributed by atoms with van der Waals surface area (Å²) in [5.41, 5.74) is 0.473. The number of carboxylic acids is 2. The number of carbonyl (C=O) groups excluding carboxylic acids is 1. The molecule has 2 aliphatic rings. The van der Waals surface area contributed by atoms with Crippen LogP contribution in [-0.4, -0.2) is 109 Å². The summed E-state index contributed by atoms with van der Waals surface area (Å²) in [4.78, 5) is 42.4. The van der Waals surface area contributed by atoms with Crippen molar-refractivity contribution in [3.8, 4) is 11.5 Å². The van der Waals surface area contributed by atoms with Crippen molar-refractivity contribution in [2.24, 2.45) is 4.99 Å². The Morgan fingerprint density at radius 2 is 1.48 bits per heavy atom. The van der Waals surface area contributed by atoms with Gasteiger partial charge < -0.3 is 49.3 Å². The van der Waals surface area contributed by atoms with Gasteiger partial charge in [-0.1, -0.05) is 18.2 Å². The largest absolute Gasteiger partial charge is 0.497 e. The molecule has 0 saturated carbocycles. The molecule has 0 aromatic heterocycles. The van der Waals surface area contributed by atoms with E-state index in [0.717, 1.165) is 17.8 Å². The van der Waals surface area contributed by atoms with Gasteiger partial charge in [-0.05, 0) is 36.4 Å². The first kappa shape index (κ1) is 39.2. The molecule has 5 rings (SSSR count). The van der Waals surface area contributed by atoms with Crippen molar-refractivity contribution in [2.75, 3.05) is 57.3 Å². The lowest BCUT2D eigenvalue weighted by atomic mass is 9.96. The number of piperazine rings is 1. The predicted molar refractivity (Wildman–Crippen MR) is 177 cm³/mol. The van der Waals surface area contributed by atoms with E-state index in [4.69, 9.17) is 34.6 Å². The van der Waals surface area contributed by atoms with E-state index in [1.807, 2.05) is 29.2 Å². The first-order valence-electron chi connectivity index (χ1n) is 15.5. The fourth-order valence-corrected chi connectivity index (χ4v) is 5.59. The molecule has 0 amide bonds. The summed E-state index contributed by atoms with van der Waals surface area (Å²) in [6, 6.07) is 14.2. The normalized spacial score (nSPS) is 16.8. The third kappa shape index (κ3) is 8.81. The van der Waals surface area contributed by atoms with E-state index >= 15 is 4.39 Å². The number of rotatable bonds is 9. The summed E-state index contributed by atoms with van der Waals surface area (Å²) in [5, 5.41) is 32.5. The lowest BCUT2D eigenvalue weighted by Crippen LogP contribution is -2.55. The third-order valence-corrected chi connectivity index (χ3v) is 8.26. The molecule has 0 aliphatic carbocycles. The zero-order chi connectivity index (χ0) is 38.3. The van der Waals surface area contributed by atoms with Gasteiger partial charge in [-0.3, -0.25) is 4.79 Å². The van der Waals surface area contributed by atoms with Crippen LogP contribution in [0.15, 0.2) is 65.7 Å². The third-order valence-electron chi connectivity index (χ3n) is 8.26. The SMILES string of the molecule is COC(=O)C[C@H]1c2cccc(F)c2N=C(N2CCN(c3cccc(OC)c3)CC2)N1c1cc(C(F)(F)F)ccc1OC.O=C(O)[C@@H](O)[C@H](O)C(=O)O. The summed E-state index contributed by atoms with van der Waals surface area (Å²) in [6.45, 7) is 1.93. The topological polar surface area (TPSA) is 182 Å². The summed E-state index contributed by atoms with van der Waals surface area (Å²) >= 11 is 0. The second kappa shape index (κ2) is 16.6. The number of anilines is 2. The van der Waals surface area contributed by atoms with Crippen LogP contribution in [-0.2, 0) is 25.3 Å². The molecule has 2 heterocycles. The summed E-state index contributed by atoms with van der Waals surface area (Å²) < 4.78 is 72.7. The first-order chi connectivity index (χ1) is 24.6. The van der Waals surface area contributed by atoms with Gasteiger partial charge in [0.05, 0.1) is 45.0 Å². The number of methoxy groups -OCH3 is 3. The average Bonchev–Trinajstić information content (AvgIpc) is 3.13. The minimum absolute atomic E-state index is 0.0267. The molecule has 14 nitrogen and oxygen atoms in total. The minimum atomic E-state index is -4.64. The highest BCUT2D eigenvalue weighted by Crippen LogP contribution is 2.46. The molecule has 3 atom stereocenters. The zero-order valence-electron chi connectivity index (χ0n) is 28.1. The fraction of sp³-hybridized carbons (Fsp3) is 0.353. The van der Waals surface area contributed by atoms with Gasteiger partial charge >= 0.3 is 24.1 Å². The maximum absolute atomic E-state index is 15.2. The van der Waals surface area contributed by atoms with Crippen LogP contribution < -0.4 is 19.3 Å². The zero-order valence-corrected chi connectivity index (χ0v) is 28.1. The lowest BCUT2D eigenvalue weighted by molar-refractivity contribution is -0.165. The first-order valence-corrected chi connectivity index (χ1v) is 15.5. The Kier molecular flexibility index (Phi) is 12.5. The number of ether oxygens (including phenoxy) is 3. The number of fused-ring (bicyclic) bond motifs is 1. The van der Waals surface area contributed by atoms with Crippen LogP contribution >= 0.6 is 0 Å². The maximum atomic E-state index is 15.2. The quantitative estimate of drug-likeness (QED) is 0.185. The number of halogens is 4. The van der Waals surface area contributed by atoms with Crippen molar-refractivity contribution in [1.29, 1.82) is 0 Å². The number of hydrogen-bond acceptors (Lipinski definition) is 12. The molecule has 0 bridgehead atoms. The Labute approximate surface area is 294 Å². The van der Waals surface area contributed by atoms with Gasteiger partial charge in [0, 0.05) is 43.5 Å². The highest BCUT2D eigenvalue weighted by Gasteiger charge is 2.40. The number of guanidine groups is 1. The van der Waals surface area contributed by atoms with E-state index < -0.39 is 53.7 Å². The number of nitrogens with zero attached hydrogens (tertiary/aromatic N) is 4. The Bertz CT molecular complexity index is 1780. The van der Waals surface area contributed by atoms with Crippen LogP contribution in [0.1, 0.15) is 23.6 Å². The fourth-order valence-electron chi connectivity index (χ4n) is 5.59. The van der Waals surface area contributed by atoms with Crippen LogP contribution in [0.3, 0.4) is 0 Å². The van der Waals surface area contributed by atoms with E-state index in [9.17, 15) is 27.6 Å². The number of esters is 1. The van der Waals surface area contributed by atoms with Crippen molar-refractivity contribution in [1.82, 2.24) is 4.90 Å². The number of aliphatic imine (C=N–C) groups is 1. The Hall–Kier alpha value is -5.62. The smallest absolute Gasteiger partial charge is 0.416 e. The molecular formula is C34H36F4N4O10. The lowest BCUT2D eigenvalue weighted by Gasteiger charge is -2.45. The number of carbonyl (C=O) groups is 3. The monoisotopic (exact) mass is 736 g/mol. The molecule has 3 aromatic rings. The standard InChI is InChI=1S/C30H30F4N4O4.C4H6O6/c1-40-21-7-4-6-20(17-21)36-12-14-37(15-13-36)29-35-28-22(8-5-9-23(28)31)24(18-27(39)42-3)38(29)25-16-19(30(32,33)34)10-11-26(25)41-2;5-1(3(7)8)2(6)4(9)10/h4-11,16-17,24H,12-15,18H2,1-3H3;1-2,5-6H,(H,7,8)(H,9,10)/t24-;1-,2-/m00/s1. The van der Waals surface area contributed by atoms with Crippen molar-refractivity contribution in [3.63, 3.8) is 0 Å². The summed E-state index contributed by atoms with van der Waals surface area (Å²) in [6.07, 6.45) is -9.44. The van der Waals surface area contributed by atoms with Crippen molar-refractivity contribution >= 4 is 40.9 Å². The van der Waals surface area contributed by atoms with Crippen LogP contribution in [0, 0.1) is 5.82 Å². The highest BCUT2D eigenvalue weighted by atomic mass is 19.4. The molecule has 2 aliphatic heterocycles. The molecule has 1 saturated heterocycles. The van der Waals surface area contributed by atoms with Gasteiger partial charge in [-0.2, -0.15) is 13.2 Å². The Balaban J connectivity index is 0.000000530. The van der Waals surface area contributed by atoms with Crippen molar-refractivity contribution in [2.45, 2.75) is 30.8 Å². The molecule has 52 heavy (non-hydrogen) atoms. The number of aliphatic hydroxyl groups excluding tert-OH is 2. The van der Waals surface area contributed by atoms with Crippen LogP contribution in [0.25, 0.3) is 0 Å². The van der Waals surface area contributed by atoms with E-state index in [1.165, 1.54) is 37.3 Å². The maximum Gasteiger partial charge on any atom is 0.416 e. The van der Waals surface area contributed by atoms with E-state index in [2.05, 4.69) is 9.89 Å². The predicted octanol–water partition coefficient (Wildman–Crippen LogP) is 3.67. The highest BCUT2D eigenvalue weighted by molar-refractivity contribution is 6.02. The Morgan fingerprint density at radius 3 is 2.04 bits per heavy atom. The number of alkyl halides is 3. The van der Waals surface area contributed by atoms with Crippen LogP contribution in [0.4, 0.5) is 34.6 Å². The molecule has 18 heteroatoms. The van der Waals surface area contributed by atoms with Gasteiger partial charge in [0.1, 0.15) is 23.0 Å². The second-order valence-electron chi connectivity index (χ2n) is 11.4. The van der Waals surface area contributed by atoms with Crippen LogP contribution in [0.2, 0.25) is 0 Å². The molecule has 3 aromatic carbocycles. The molecule has 0 radical (unpaired) electrons. The molecule has 0 unspecified atom stereocenters. The number of para-hydroxylation sites is 1. The van der Waals surface area contributed by atoms with Crippen LogP contribution in [0.5, 0.6) is 11.5 Å². The van der Waals surface area contributed by atoms with E-state index in [-0.39, 0.29) is 29.5 Å². The second-order valence-corrected chi connectivity index (χ2v) is 11.4. The van der Waals surface area contributed by atoms with Gasteiger partial charge in [-0.15, -0.1) is 0 Å². The van der Waals surface area contributed by atoms with Gasteiger partial charge in [0.2, 0.25) is 5.96 Å². The number of benzene rings is 3. The Morgan fingerprint density at radius 1 is 0.865 bits per heavy atom. The van der Waals surface area contributed by atoms with Crippen molar-refractivity contribution < 1.29 is 66.6 Å². The molecule has 0 spiro atoms. The van der Waals surface area contributed by atoms with Crippen molar-refractivity contribution in [3.05, 3.63) is 77.6 Å². The molecular weight excluding hydrogens is 700 g/mol. The van der Waals surface area contributed by atoms with Gasteiger partial charge in [0.25, 0.3) is 0 Å². The van der Waals surface area contributed by atoms with Gasteiger partial charge in [0.15, 0.2) is 12.2 Å². The molecule has 4 N–H and O–H groups in total. The number of aliphatic carboxylic acids is 2.